The Bertz CT molecular complexity index is 654. The molecular formula is C14H12ClN3O2. The van der Waals surface area contributed by atoms with E-state index in [-0.39, 0.29) is 5.69 Å². The maximum absolute atomic E-state index is 10.5. The van der Waals surface area contributed by atoms with E-state index in [1.54, 1.807) is 18.2 Å². The van der Waals surface area contributed by atoms with Crippen LogP contribution in [0, 0.1) is 10.1 Å². The molecule has 102 valence electrons. The van der Waals surface area contributed by atoms with E-state index in [9.17, 15) is 10.1 Å². The molecule has 0 aliphatic carbocycles. The zero-order valence-electron chi connectivity index (χ0n) is 10.7. The van der Waals surface area contributed by atoms with Crippen LogP contribution in [-0.4, -0.2) is 10.6 Å². The number of nitro groups is 1. The number of non-ortho nitro benzene ring substituents is 1. The summed E-state index contributed by atoms with van der Waals surface area (Å²) in [6.45, 7) is 1.85. The smallest absolute Gasteiger partial charge is 0.269 e. The Kier molecular flexibility index (Phi) is 4.32. The molecule has 6 heteroatoms. The van der Waals surface area contributed by atoms with Crippen molar-refractivity contribution in [3.05, 3.63) is 69.2 Å². The van der Waals surface area contributed by atoms with Crippen LogP contribution < -0.4 is 5.43 Å². The Balaban J connectivity index is 2.10. The summed E-state index contributed by atoms with van der Waals surface area (Å²) in [6, 6.07) is 13.4. The lowest BCUT2D eigenvalue weighted by Crippen LogP contribution is -1.99. The Morgan fingerprint density at radius 2 is 1.95 bits per heavy atom. The number of hydrogen-bond donors (Lipinski definition) is 1. The van der Waals surface area contributed by atoms with Gasteiger partial charge in [-0.3, -0.25) is 15.5 Å². The van der Waals surface area contributed by atoms with E-state index >= 15 is 0 Å². The molecule has 0 fully saturated rings. The number of nitrogens with zero attached hydrogens (tertiary/aromatic N) is 2. The molecule has 0 aromatic heterocycles. The Morgan fingerprint density at radius 3 is 2.55 bits per heavy atom. The van der Waals surface area contributed by atoms with E-state index in [4.69, 9.17) is 11.6 Å². The van der Waals surface area contributed by atoms with Gasteiger partial charge in [-0.15, -0.1) is 0 Å². The van der Waals surface area contributed by atoms with Gasteiger partial charge in [-0.05, 0) is 36.8 Å². The van der Waals surface area contributed by atoms with E-state index in [1.807, 2.05) is 25.1 Å². The molecule has 0 saturated heterocycles. The topological polar surface area (TPSA) is 67.5 Å². The number of benzene rings is 2. The number of nitro benzene ring substituents is 1. The van der Waals surface area contributed by atoms with E-state index in [0.29, 0.717) is 10.7 Å². The molecule has 0 saturated carbocycles. The average Bonchev–Trinajstić information content (AvgIpc) is 2.45. The molecule has 2 rings (SSSR count). The number of hydrazone groups is 1. The number of halogens is 1. The van der Waals surface area contributed by atoms with Crippen molar-refractivity contribution >= 4 is 28.7 Å². The van der Waals surface area contributed by atoms with Crippen molar-refractivity contribution < 1.29 is 4.92 Å². The van der Waals surface area contributed by atoms with Gasteiger partial charge in [0.05, 0.1) is 16.3 Å². The van der Waals surface area contributed by atoms with Crippen molar-refractivity contribution in [3.63, 3.8) is 0 Å². The zero-order chi connectivity index (χ0) is 14.5. The highest BCUT2D eigenvalue weighted by molar-refractivity contribution is 6.31. The second-order valence-electron chi connectivity index (χ2n) is 4.12. The molecule has 0 unspecified atom stereocenters. The second kappa shape index (κ2) is 6.16. The second-order valence-corrected chi connectivity index (χ2v) is 4.56. The number of rotatable bonds is 4. The van der Waals surface area contributed by atoms with Gasteiger partial charge < -0.3 is 0 Å². The molecule has 0 aliphatic heterocycles. The van der Waals surface area contributed by atoms with Gasteiger partial charge in [-0.1, -0.05) is 23.7 Å². The fourth-order valence-corrected chi connectivity index (χ4v) is 1.77. The van der Waals surface area contributed by atoms with Crippen molar-refractivity contribution in [2.24, 2.45) is 5.10 Å². The third kappa shape index (κ3) is 3.55. The largest absolute Gasteiger partial charge is 0.278 e. The Morgan fingerprint density at radius 1 is 1.25 bits per heavy atom. The van der Waals surface area contributed by atoms with Crippen LogP contribution in [0.4, 0.5) is 11.4 Å². The van der Waals surface area contributed by atoms with Crippen LogP contribution >= 0.6 is 11.6 Å². The molecule has 0 amide bonds. The highest BCUT2D eigenvalue weighted by atomic mass is 35.5. The molecule has 0 spiro atoms. The lowest BCUT2D eigenvalue weighted by Gasteiger charge is -2.04. The van der Waals surface area contributed by atoms with E-state index in [1.165, 1.54) is 12.1 Å². The van der Waals surface area contributed by atoms with Crippen LogP contribution in [-0.2, 0) is 0 Å². The molecule has 2 aromatic carbocycles. The minimum Gasteiger partial charge on any atom is -0.278 e. The first-order valence-electron chi connectivity index (χ1n) is 5.87. The van der Waals surface area contributed by atoms with Gasteiger partial charge in [-0.2, -0.15) is 5.10 Å². The fraction of sp³-hybridized carbons (Fsp3) is 0.0714. The summed E-state index contributed by atoms with van der Waals surface area (Å²) in [7, 11) is 0. The normalized spacial score (nSPS) is 11.2. The van der Waals surface area contributed by atoms with E-state index in [0.717, 1.165) is 11.3 Å². The summed E-state index contributed by atoms with van der Waals surface area (Å²) < 4.78 is 0. The third-order valence-electron chi connectivity index (χ3n) is 2.67. The number of anilines is 1. The summed E-state index contributed by atoms with van der Waals surface area (Å²) in [5, 5.41) is 15.4. The molecule has 0 radical (unpaired) electrons. The molecule has 5 nitrogen and oxygen atoms in total. The lowest BCUT2D eigenvalue weighted by atomic mass is 10.1. The van der Waals surface area contributed by atoms with Gasteiger partial charge in [0.2, 0.25) is 0 Å². The molecule has 0 heterocycles. The first-order valence-corrected chi connectivity index (χ1v) is 6.25. The zero-order valence-corrected chi connectivity index (χ0v) is 11.5. The van der Waals surface area contributed by atoms with Crippen LogP contribution in [0.1, 0.15) is 12.5 Å². The van der Waals surface area contributed by atoms with Crippen molar-refractivity contribution in [2.75, 3.05) is 5.43 Å². The lowest BCUT2D eigenvalue weighted by molar-refractivity contribution is -0.384. The van der Waals surface area contributed by atoms with Crippen LogP contribution in [0.25, 0.3) is 0 Å². The molecule has 0 aliphatic rings. The van der Waals surface area contributed by atoms with Crippen LogP contribution in [0.2, 0.25) is 5.02 Å². The predicted molar refractivity (Wildman–Crippen MR) is 80.4 cm³/mol. The third-order valence-corrected chi connectivity index (χ3v) is 2.91. The number of nitrogens with one attached hydrogen (secondary N) is 1. The van der Waals surface area contributed by atoms with E-state index in [2.05, 4.69) is 10.5 Å². The van der Waals surface area contributed by atoms with Crippen LogP contribution in [0.5, 0.6) is 0 Å². The number of hydrogen-bond acceptors (Lipinski definition) is 4. The monoisotopic (exact) mass is 289 g/mol. The predicted octanol–water partition coefficient (Wildman–Crippen LogP) is 4.08. The van der Waals surface area contributed by atoms with Gasteiger partial charge in [0, 0.05) is 17.2 Å². The standard InChI is InChI=1S/C14H12ClN3O2/c1-10(11-3-2-4-12(15)9-11)16-17-13-5-7-14(8-6-13)18(19)20/h2-9,17H,1H3/b16-10+. The molecule has 0 atom stereocenters. The van der Waals surface area contributed by atoms with Crippen molar-refractivity contribution in [1.29, 1.82) is 0 Å². The Labute approximate surface area is 121 Å². The molecule has 1 N–H and O–H groups in total. The van der Waals surface area contributed by atoms with Gasteiger partial charge >= 0.3 is 0 Å². The van der Waals surface area contributed by atoms with Gasteiger partial charge in [0.1, 0.15) is 0 Å². The highest BCUT2D eigenvalue weighted by Gasteiger charge is 2.03. The van der Waals surface area contributed by atoms with E-state index < -0.39 is 4.92 Å². The van der Waals surface area contributed by atoms with Crippen LogP contribution in [0.3, 0.4) is 0 Å². The molecule has 2 aromatic rings. The SMILES string of the molecule is C/C(=N\Nc1ccc([N+](=O)[O-])cc1)c1cccc(Cl)c1. The minimum absolute atomic E-state index is 0.0473. The Hall–Kier alpha value is -2.40. The summed E-state index contributed by atoms with van der Waals surface area (Å²) in [4.78, 5) is 10.1. The van der Waals surface area contributed by atoms with Crippen molar-refractivity contribution in [3.8, 4) is 0 Å². The first kappa shape index (κ1) is 14.0. The average molecular weight is 290 g/mol. The van der Waals surface area contributed by atoms with Gasteiger partial charge in [0.25, 0.3) is 5.69 Å². The summed E-state index contributed by atoms with van der Waals surface area (Å²) >= 11 is 5.91. The van der Waals surface area contributed by atoms with Crippen molar-refractivity contribution in [1.82, 2.24) is 0 Å². The van der Waals surface area contributed by atoms with Crippen molar-refractivity contribution in [2.45, 2.75) is 6.92 Å². The quantitative estimate of drug-likeness (QED) is 0.524. The van der Waals surface area contributed by atoms with Gasteiger partial charge in [-0.25, -0.2) is 0 Å². The highest BCUT2D eigenvalue weighted by Crippen LogP contribution is 2.16. The molecule has 0 bridgehead atoms. The maximum atomic E-state index is 10.5. The summed E-state index contributed by atoms with van der Waals surface area (Å²) in [6.07, 6.45) is 0. The van der Waals surface area contributed by atoms with Gasteiger partial charge in [0.15, 0.2) is 0 Å². The maximum Gasteiger partial charge on any atom is 0.269 e. The first-order chi connectivity index (χ1) is 9.56. The van der Waals surface area contributed by atoms with Crippen LogP contribution in [0.15, 0.2) is 53.6 Å². The minimum atomic E-state index is -0.440. The molecular weight excluding hydrogens is 278 g/mol. The summed E-state index contributed by atoms with van der Waals surface area (Å²) in [5.41, 5.74) is 5.25. The fourth-order valence-electron chi connectivity index (χ4n) is 1.58. The molecule has 20 heavy (non-hydrogen) atoms. The summed E-state index contributed by atoms with van der Waals surface area (Å²) in [5.74, 6) is 0.